The number of phosphoric ester groups is 1. The van der Waals surface area contributed by atoms with E-state index < -0.39 is 48.0 Å². The number of nitrogen functional groups attached to an aromatic ring is 1. The Labute approximate surface area is 172 Å². The van der Waals surface area contributed by atoms with Gasteiger partial charge in [0.05, 0.1) is 19.0 Å². The Kier molecular flexibility index (Phi) is 6.60. The maximum absolute atomic E-state index is 11.9. The normalized spacial score (nSPS) is 26.0. The van der Waals surface area contributed by atoms with Crippen LogP contribution < -0.4 is 11.3 Å². The summed E-state index contributed by atoms with van der Waals surface area (Å²) < 4.78 is 52.9. The van der Waals surface area contributed by atoms with Crippen LogP contribution in [-0.2, 0) is 31.6 Å². The summed E-state index contributed by atoms with van der Waals surface area (Å²) in [7, 11) is -16.4. The van der Waals surface area contributed by atoms with Crippen LogP contribution in [0, 0.1) is 5.92 Å². The Morgan fingerprint density at radius 2 is 1.94 bits per heavy atom. The SMILES string of the molecule is CC1CC(n2cnc3c(=O)[nH]c(N)nc32)OC1COP(=O)(O)OP(=O)(O)OP(=O)(O)O. The van der Waals surface area contributed by atoms with Gasteiger partial charge < -0.3 is 30.0 Å². The molecule has 0 bridgehead atoms. The summed E-state index contributed by atoms with van der Waals surface area (Å²) in [5.74, 6) is -0.399. The third-order valence-corrected chi connectivity index (χ3v) is 7.92. The van der Waals surface area contributed by atoms with Crippen molar-refractivity contribution < 1.29 is 51.2 Å². The van der Waals surface area contributed by atoms with Crippen LogP contribution in [0.25, 0.3) is 11.2 Å². The largest absolute Gasteiger partial charge is 0.490 e. The molecule has 0 saturated carbocycles. The number of fused-ring (bicyclic) bond motifs is 1. The van der Waals surface area contributed by atoms with Gasteiger partial charge in [-0.3, -0.25) is 18.9 Å². The molecule has 17 nitrogen and oxygen atoms in total. The van der Waals surface area contributed by atoms with E-state index in [1.807, 2.05) is 0 Å². The van der Waals surface area contributed by atoms with Gasteiger partial charge in [-0.1, -0.05) is 6.92 Å². The number of aromatic amines is 1. The van der Waals surface area contributed by atoms with Crippen LogP contribution in [-0.4, -0.2) is 51.8 Å². The van der Waals surface area contributed by atoms with Gasteiger partial charge in [0.2, 0.25) is 5.95 Å². The van der Waals surface area contributed by atoms with Gasteiger partial charge in [-0.05, 0) is 12.3 Å². The number of phosphoric acid groups is 3. The molecule has 20 heteroatoms. The van der Waals surface area contributed by atoms with Crippen LogP contribution >= 0.6 is 23.5 Å². The summed E-state index contributed by atoms with van der Waals surface area (Å²) in [5.41, 5.74) is 5.19. The number of nitrogens with one attached hydrogen (secondary N) is 1. The molecule has 3 heterocycles. The third kappa shape index (κ3) is 6.06. The molecule has 7 N–H and O–H groups in total. The lowest BCUT2D eigenvalue weighted by Crippen LogP contribution is -2.21. The van der Waals surface area contributed by atoms with E-state index in [-0.39, 0.29) is 23.0 Å². The molecule has 5 unspecified atom stereocenters. The number of anilines is 1. The molecule has 0 aliphatic carbocycles. The van der Waals surface area contributed by atoms with E-state index in [2.05, 4.69) is 28.1 Å². The Morgan fingerprint density at radius 3 is 2.58 bits per heavy atom. The van der Waals surface area contributed by atoms with Crippen molar-refractivity contribution in [3.05, 3.63) is 16.7 Å². The minimum atomic E-state index is -5.61. The quantitative estimate of drug-likeness (QED) is 0.257. The number of hydrogen-bond acceptors (Lipinski definition) is 11. The van der Waals surface area contributed by atoms with E-state index >= 15 is 0 Å². The number of hydrogen-bond donors (Lipinski definition) is 6. The van der Waals surface area contributed by atoms with Crippen molar-refractivity contribution in [3.63, 3.8) is 0 Å². The lowest BCUT2D eigenvalue weighted by Gasteiger charge is -2.19. The molecule has 1 aliphatic heterocycles. The van der Waals surface area contributed by atoms with Crippen molar-refractivity contribution in [2.24, 2.45) is 5.92 Å². The molecule has 1 saturated heterocycles. The average Bonchev–Trinajstić information content (AvgIpc) is 3.13. The van der Waals surface area contributed by atoms with Crippen molar-refractivity contribution in [3.8, 4) is 0 Å². The van der Waals surface area contributed by atoms with Crippen LogP contribution in [0.4, 0.5) is 5.95 Å². The first-order valence-electron chi connectivity index (χ1n) is 8.32. The molecule has 3 rings (SSSR count). The number of aromatic nitrogens is 4. The van der Waals surface area contributed by atoms with Crippen LogP contribution in [0.1, 0.15) is 19.6 Å². The molecule has 1 aliphatic rings. The fraction of sp³-hybridized carbons (Fsp3) is 0.545. The maximum atomic E-state index is 11.9. The first-order chi connectivity index (χ1) is 14.2. The molecular weight excluding hydrogens is 487 g/mol. The number of H-pyrrole nitrogens is 1. The smallest absolute Gasteiger partial charge is 0.369 e. The zero-order valence-corrected chi connectivity index (χ0v) is 18.2. The first kappa shape index (κ1) is 24.2. The maximum Gasteiger partial charge on any atom is 0.490 e. The van der Waals surface area contributed by atoms with Gasteiger partial charge in [-0.15, -0.1) is 0 Å². The van der Waals surface area contributed by atoms with Crippen molar-refractivity contribution in [1.82, 2.24) is 19.5 Å². The highest BCUT2D eigenvalue weighted by atomic mass is 31.3. The van der Waals surface area contributed by atoms with E-state index in [4.69, 9.17) is 25.2 Å². The summed E-state index contributed by atoms with van der Waals surface area (Å²) in [4.78, 5) is 57.9. The zero-order valence-electron chi connectivity index (χ0n) is 15.5. The van der Waals surface area contributed by atoms with Gasteiger partial charge in [0, 0.05) is 0 Å². The Morgan fingerprint density at radius 1 is 1.26 bits per heavy atom. The van der Waals surface area contributed by atoms with E-state index in [0.717, 1.165) is 0 Å². The number of nitrogens with two attached hydrogens (primary N) is 1. The monoisotopic (exact) mass is 505 g/mol. The minimum Gasteiger partial charge on any atom is -0.369 e. The van der Waals surface area contributed by atoms with E-state index in [9.17, 15) is 23.4 Å². The molecule has 2 aromatic rings. The second-order valence-corrected chi connectivity index (χ2v) is 10.9. The minimum absolute atomic E-state index is 0.0298. The zero-order chi connectivity index (χ0) is 23.2. The number of rotatable bonds is 8. The highest BCUT2D eigenvalue weighted by molar-refractivity contribution is 7.66. The van der Waals surface area contributed by atoms with Crippen molar-refractivity contribution in [1.29, 1.82) is 0 Å². The predicted molar refractivity (Wildman–Crippen MR) is 100 cm³/mol. The van der Waals surface area contributed by atoms with E-state index in [0.29, 0.717) is 6.42 Å². The summed E-state index contributed by atoms with van der Waals surface area (Å²) in [5, 5.41) is 0. The molecular formula is C11H18N5O12P3. The summed E-state index contributed by atoms with van der Waals surface area (Å²) >= 11 is 0. The Hall–Kier alpha value is -1.48. The molecule has 0 amide bonds. The van der Waals surface area contributed by atoms with E-state index in [1.54, 1.807) is 6.92 Å². The number of nitrogens with zero attached hydrogens (tertiary/aromatic N) is 3. The standard InChI is InChI=1S/C11H18N5O12P3/c1-5-2-7(16-4-13-8-9(16)14-11(12)15-10(8)17)26-6(5)3-25-30(21,22)28-31(23,24)27-29(18,19)20/h4-7H,2-3H2,1H3,(H,21,22)(H,23,24)(H2,18,19,20)(H3,12,14,15,17). The van der Waals surface area contributed by atoms with Crippen molar-refractivity contribution in [2.45, 2.75) is 25.7 Å². The fourth-order valence-electron chi connectivity index (χ4n) is 2.87. The second-order valence-electron chi connectivity index (χ2n) is 6.50. The van der Waals surface area contributed by atoms with Crippen molar-refractivity contribution in [2.75, 3.05) is 12.3 Å². The lowest BCUT2D eigenvalue weighted by molar-refractivity contribution is -0.0273. The van der Waals surface area contributed by atoms with Gasteiger partial charge in [0.15, 0.2) is 11.2 Å². The lowest BCUT2D eigenvalue weighted by atomic mass is 10.0. The number of imidazole rings is 1. The van der Waals surface area contributed by atoms with E-state index in [1.165, 1.54) is 10.9 Å². The average molecular weight is 505 g/mol. The predicted octanol–water partition coefficient (Wildman–Crippen LogP) is -0.0313. The summed E-state index contributed by atoms with van der Waals surface area (Å²) in [6, 6.07) is 0. The summed E-state index contributed by atoms with van der Waals surface area (Å²) in [6.07, 6.45) is 0.161. The third-order valence-electron chi connectivity index (χ3n) is 4.12. The van der Waals surface area contributed by atoms with Crippen LogP contribution in [0.5, 0.6) is 0 Å². The Bertz CT molecular complexity index is 1170. The van der Waals surface area contributed by atoms with Gasteiger partial charge in [-0.2, -0.15) is 13.6 Å². The molecule has 1 fully saturated rings. The van der Waals surface area contributed by atoms with Gasteiger partial charge in [0.1, 0.15) is 6.23 Å². The Balaban J connectivity index is 1.67. The van der Waals surface area contributed by atoms with Gasteiger partial charge in [0.25, 0.3) is 5.56 Å². The van der Waals surface area contributed by atoms with Gasteiger partial charge in [-0.25, -0.2) is 18.7 Å². The highest BCUT2D eigenvalue weighted by Crippen LogP contribution is 2.66. The molecule has 31 heavy (non-hydrogen) atoms. The number of ether oxygens (including phenoxy) is 1. The van der Waals surface area contributed by atoms with Crippen molar-refractivity contribution >= 4 is 40.6 Å². The fourth-order valence-corrected chi connectivity index (χ4v) is 5.90. The second kappa shape index (κ2) is 8.46. The molecule has 2 aromatic heterocycles. The topological polar surface area (TPSA) is 259 Å². The highest BCUT2D eigenvalue weighted by Gasteiger charge is 2.42. The van der Waals surface area contributed by atoms with Crippen LogP contribution in [0.3, 0.4) is 0 Å². The summed E-state index contributed by atoms with van der Waals surface area (Å²) in [6.45, 7) is 1.13. The van der Waals surface area contributed by atoms with Crippen LogP contribution in [0.15, 0.2) is 11.1 Å². The molecule has 5 atom stereocenters. The molecule has 0 spiro atoms. The molecule has 0 radical (unpaired) electrons. The van der Waals surface area contributed by atoms with Gasteiger partial charge >= 0.3 is 23.5 Å². The first-order valence-corrected chi connectivity index (χ1v) is 12.8. The molecule has 0 aromatic carbocycles. The molecule has 174 valence electrons. The van der Waals surface area contributed by atoms with Crippen LogP contribution in [0.2, 0.25) is 0 Å².